The van der Waals surface area contributed by atoms with Gasteiger partial charge in [-0.15, -0.1) is 22.7 Å². The summed E-state index contributed by atoms with van der Waals surface area (Å²) in [5.74, 6) is 0.303. The van der Waals surface area contributed by atoms with E-state index in [0.717, 1.165) is 0 Å². The third-order valence-corrected chi connectivity index (χ3v) is 6.17. The quantitative estimate of drug-likeness (QED) is 0.736. The Kier molecular flexibility index (Phi) is 4.50. The second-order valence-electron chi connectivity index (χ2n) is 8.07. The van der Waals surface area contributed by atoms with E-state index in [-0.39, 0.29) is 11.8 Å². The Balaban J connectivity index is 1.78. The highest BCUT2D eigenvalue weighted by molar-refractivity contribution is 7.12. The molecule has 0 bridgehead atoms. The van der Waals surface area contributed by atoms with Crippen molar-refractivity contribution >= 4 is 34.5 Å². The highest BCUT2D eigenvalue weighted by atomic mass is 32.1. The predicted octanol–water partition coefficient (Wildman–Crippen LogP) is 4.14. The first-order valence-corrected chi connectivity index (χ1v) is 10.8. The fraction of sp³-hybridized carbons (Fsp3) is 0.400. The molecule has 2 aliphatic rings. The molecule has 0 aromatic carbocycles. The van der Waals surface area contributed by atoms with Crippen LogP contribution in [0.4, 0.5) is 0 Å². The van der Waals surface area contributed by atoms with E-state index < -0.39 is 11.2 Å². The van der Waals surface area contributed by atoms with Crippen molar-refractivity contribution in [1.82, 2.24) is 9.80 Å². The van der Waals surface area contributed by atoms with Crippen LogP contribution in [0.25, 0.3) is 0 Å². The van der Waals surface area contributed by atoms with Gasteiger partial charge in [-0.3, -0.25) is 19.4 Å². The van der Waals surface area contributed by atoms with Crippen LogP contribution in [0.3, 0.4) is 0 Å². The van der Waals surface area contributed by atoms with Crippen LogP contribution >= 0.6 is 22.7 Å². The standard InChI is InChI=1S/C20H22N2O4S2/c1-19(2)11-21(15(23)13-7-5-9-27-13)17(25-19)18-22(12-20(3,4)26-18)16(24)14-8-6-10-28-14/h5-10H,11-12H2,1-4H3/b18-17+. The van der Waals surface area contributed by atoms with Gasteiger partial charge in [-0.05, 0) is 50.6 Å². The number of nitrogens with zero attached hydrogens (tertiary/aromatic N) is 2. The second-order valence-corrected chi connectivity index (χ2v) is 9.97. The molecule has 2 aromatic heterocycles. The normalized spacial score (nSPS) is 22.9. The van der Waals surface area contributed by atoms with Gasteiger partial charge in [-0.25, -0.2) is 0 Å². The highest BCUT2D eigenvalue weighted by Crippen LogP contribution is 2.39. The number of hydrogen-bond donors (Lipinski definition) is 0. The summed E-state index contributed by atoms with van der Waals surface area (Å²) in [4.78, 5) is 30.6. The number of hydrogen-bond acceptors (Lipinski definition) is 6. The number of rotatable bonds is 2. The monoisotopic (exact) mass is 418 g/mol. The maximum absolute atomic E-state index is 13.1. The smallest absolute Gasteiger partial charge is 0.270 e. The van der Waals surface area contributed by atoms with Crippen LogP contribution in [0, 0.1) is 0 Å². The Hall–Kier alpha value is -2.32. The molecule has 2 saturated heterocycles. The summed E-state index contributed by atoms with van der Waals surface area (Å²) in [6, 6.07) is 7.26. The summed E-state index contributed by atoms with van der Waals surface area (Å²) >= 11 is 2.76. The molecule has 0 saturated carbocycles. The Morgan fingerprint density at radius 2 is 1.21 bits per heavy atom. The lowest BCUT2D eigenvalue weighted by molar-refractivity contribution is 0.0362. The molecule has 148 valence electrons. The van der Waals surface area contributed by atoms with Gasteiger partial charge in [0.25, 0.3) is 23.6 Å². The van der Waals surface area contributed by atoms with Gasteiger partial charge in [0.15, 0.2) is 0 Å². The van der Waals surface area contributed by atoms with Gasteiger partial charge < -0.3 is 9.47 Å². The van der Waals surface area contributed by atoms with E-state index in [2.05, 4.69) is 0 Å². The molecule has 6 nitrogen and oxygen atoms in total. The van der Waals surface area contributed by atoms with E-state index >= 15 is 0 Å². The van der Waals surface area contributed by atoms with Crippen molar-refractivity contribution in [3.05, 3.63) is 56.5 Å². The molecule has 0 N–H and O–H groups in total. The molecule has 2 aromatic rings. The summed E-state index contributed by atoms with van der Waals surface area (Å²) in [5, 5.41) is 3.73. The molecule has 0 aliphatic carbocycles. The van der Waals surface area contributed by atoms with Crippen molar-refractivity contribution in [2.75, 3.05) is 13.1 Å². The lowest BCUT2D eigenvalue weighted by atomic mass is 10.1. The Bertz CT molecular complexity index is 853. The maximum atomic E-state index is 13.1. The molecule has 0 spiro atoms. The zero-order chi connectivity index (χ0) is 20.1. The van der Waals surface area contributed by atoms with Gasteiger partial charge in [0.05, 0.1) is 22.8 Å². The van der Waals surface area contributed by atoms with Gasteiger partial charge in [-0.1, -0.05) is 12.1 Å². The summed E-state index contributed by atoms with van der Waals surface area (Å²) in [6.45, 7) is 8.43. The summed E-state index contributed by atoms with van der Waals surface area (Å²) in [6.07, 6.45) is 0. The molecule has 4 rings (SSSR count). The van der Waals surface area contributed by atoms with Crippen molar-refractivity contribution < 1.29 is 19.1 Å². The maximum Gasteiger partial charge on any atom is 0.270 e. The van der Waals surface area contributed by atoms with Gasteiger partial charge in [0.1, 0.15) is 11.2 Å². The zero-order valence-electron chi connectivity index (χ0n) is 16.2. The van der Waals surface area contributed by atoms with E-state index in [1.807, 2.05) is 50.6 Å². The molecule has 0 radical (unpaired) electrons. The summed E-state index contributed by atoms with van der Waals surface area (Å²) in [5.41, 5.74) is -1.16. The molecular weight excluding hydrogens is 396 g/mol. The average molecular weight is 419 g/mol. The Morgan fingerprint density at radius 1 is 0.821 bits per heavy atom. The fourth-order valence-electron chi connectivity index (χ4n) is 3.32. The third-order valence-electron chi connectivity index (χ3n) is 4.45. The van der Waals surface area contributed by atoms with E-state index in [4.69, 9.17) is 9.47 Å². The first-order valence-electron chi connectivity index (χ1n) is 9.00. The summed E-state index contributed by atoms with van der Waals surface area (Å²) < 4.78 is 12.3. The predicted molar refractivity (Wildman–Crippen MR) is 108 cm³/mol. The minimum atomic E-state index is -0.580. The van der Waals surface area contributed by atoms with Crippen LogP contribution in [0.5, 0.6) is 0 Å². The molecule has 0 unspecified atom stereocenters. The number of ether oxygens (including phenoxy) is 2. The minimum absolute atomic E-state index is 0.153. The number of carbonyl (C=O) groups excluding carboxylic acids is 2. The molecule has 4 heterocycles. The first-order chi connectivity index (χ1) is 13.2. The van der Waals surface area contributed by atoms with Crippen molar-refractivity contribution in [1.29, 1.82) is 0 Å². The van der Waals surface area contributed by atoms with Crippen molar-refractivity contribution in [2.24, 2.45) is 0 Å². The van der Waals surface area contributed by atoms with E-state index in [1.165, 1.54) is 22.7 Å². The zero-order valence-corrected chi connectivity index (χ0v) is 17.9. The first kappa shape index (κ1) is 19.0. The van der Waals surface area contributed by atoms with Crippen LogP contribution in [0.2, 0.25) is 0 Å². The third kappa shape index (κ3) is 3.42. The number of amides is 2. The molecule has 0 atom stereocenters. The largest absolute Gasteiger partial charge is 0.467 e. The van der Waals surface area contributed by atoms with E-state index in [0.29, 0.717) is 34.6 Å². The van der Waals surface area contributed by atoms with Crippen molar-refractivity contribution in [2.45, 2.75) is 38.9 Å². The van der Waals surface area contributed by atoms with Gasteiger partial charge in [-0.2, -0.15) is 0 Å². The van der Waals surface area contributed by atoms with Crippen LogP contribution in [0.1, 0.15) is 47.0 Å². The highest BCUT2D eigenvalue weighted by Gasteiger charge is 2.48. The minimum Gasteiger partial charge on any atom is -0.467 e. The molecule has 8 heteroatoms. The lowest BCUT2D eigenvalue weighted by Crippen LogP contribution is -2.34. The van der Waals surface area contributed by atoms with Crippen LogP contribution in [0.15, 0.2) is 46.8 Å². The van der Waals surface area contributed by atoms with Crippen LogP contribution < -0.4 is 0 Å². The fourth-order valence-corrected chi connectivity index (χ4v) is 4.66. The SMILES string of the molecule is CC1(C)CN(C(=O)c2cccs2)/C(=C2\OC(C)(C)CN2C(=O)c2cccs2)O1. The van der Waals surface area contributed by atoms with E-state index in [1.54, 1.807) is 21.9 Å². The van der Waals surface area contributed by atoms with Crippen LogP contribution in [-0.4, -0.2) is 45.9 Å². The van der Waals surface area contributed by atoms with Gasteiger partial charge in [0.2, 0.25) is 0 Å². The van der Waals surface area contributed by atoms with E-state index in [9.17, 15) is 9.59 Å². The molecule has 2 fully saturated rings. The van der Waals surface area contributed by atoms with Gasteiger partial charge in [0, 0.05) is 0 Å². The van der Waals surface area contributed by atoms with Gasteiger partial charge >= 0.3 is 0 Å². The number of thiophene rings is 2. The Labute approximate surface area is 172 Å². The Morgan fingerprint density at radius 3 is 1.54 bits per heavy atom. The second kappa shape index (κ2) is 6.63. The summed E-state index contributed by atoms with van der Waals surface area (Å²) in [7, 11) is 0. The molecule has 28 heavy (non-hydrogen) atoms. The molecule has 2 aliphatic heterocycles. The molecular formula is C20H22N2O4S2. The topological polar surface area (TPSA) is 59.1 Å². The lowest BCUT2D eigenvalue weighted by Gasteiger charge is -2.20. The van der Waals surface area contributed by atoms with Crippen molar-refractivity contribution in [3.8, 4) is 0 Å². The van der Waals surface area contributed by atoms with Crippen molar-refractivity contribution in [3.63, 3.8) is 0 Å². The molecule has 2 amide bonds. The van der Waals surface area contributed by atoms with Crippen LogP contribution in [-0.2, 0) is 9.47 Å². The number of carbonyl (C=O) groups is 2. The average Bonchev–Trinajstić information content (AvgIpc) is 3.39.